The van der Waals surface area contributed by atoms with E-state index in [4.69, 9.17) is 4.84 Å². The van der Waals surface area contributed by atoms with Crippen molar-refractivity contribution in [3.05, 3.63) is 11.9 Å². The number of nitrogens with one attached hydrogen (secondary N) is 2. The van der Waals surface area contributed by atoms with Crippen LogP contribution in [0.4, 0.5) is 0 Å². The highest BCUT2D eigenvalue weighted by Gasteiger charge is 2.26. The smallest absolute Gasteiger partial charge is 0.294 e. The van der Waals surface area contributed by atoms with Crippen LogP contribution in [0, 0.1) is 5.92 Å². The molecule has 0 saturated heterocycles. The first-order valence-corrected chi connectivity index (χ1v) is 5.65. The molecule has 0 radical (unpaired) electrons. The lowest BCUT2D eigenvalue weighted by molar-refractivity contribution is -0.164. The lowest BCUT2D eigenvalue weighted by Crippen LogP contribution is -2.41. The number of hydroxylamine groups is 2. The molecule has 0 aromatic rings. The molecule has 2 atom stereocenters. The molecule has 5 heteroatoms. The third kappa shape index (κ3) is 2.88. The molecule has 0 saturated carbocycles. The van der Waals surface area contributed by atoms with E-state index in [-0.39, 0.29) is 12.1 Å². The number of hydrogen-bond acceptors (Lipinski definition) is 4. The van der Waals surface area contributed by atoms with Crippen molar-refractivity contribution in [2.24, 2.45) is 5.92 Å². The van der Waals surface area contributed by atoms with Crippen LogP contribution >= 0.6 is 0 Å². The Hall–Kier alpha value is -1.23. The second kappa shape index (κ2) is 5.75. The molecule has 1 aliphatic rings. The Morgan fingerprint density at radius 1 is 1.69 bits per heavy atom. The third-order valence-electron chi connectivity index (χ3n) is 2.82. The molecule has 16 heavy (non-hydrogen) atoms. The minimum Gasteiger partial charge on any atom is -0.369 e. The number of carbonyl (C=O) groups excluding carboxylic acids is 1. The van der Waals surface area contributed by atoms with Crippen LogP contribution in [0.15, 0.2) is 11.9 Å². The second-order valence-corrected chi connectivity index (χ2v) is 4.10. The van der Waals surface area contributed by atoms with Gasteiger partial charge in [-0.1, -0.05) is 20.3 Å². The second-order valence-electron chi connectivity index (χ2n) is 4.10. The van der Waals surface area contributed by atoms with Gasteiger partial charge in [-0.05, 0) is 12.3 Å². The van der Waals surface area contributed by atoms with Crippen molar-refractivity contribution in [1.29, 1.82) is 0 Å². The average molecular weight is 227 g/mol. The molecule has 1 rings (SSSR count). The third-order valence-corrected chi connectivity index (χ3v) is 2.82. The van der Waals surface area contributed by atoms with E-state index in [1.165, 1.54) is 12.2 Å². The van der Waals surface area contributed by atoms with Crippen LogP contribution in [0.3, 0.4) is 0 Å². The maximum Gasteiger partial charge on any atom is 0.294 e. The number of likely N-dealkylation sites (N-methyl/N-ethyl adjacent to an activating group) is 1. The fraction of sp³-hybridized carbons (Fsp3) is 0.727. The number of amides is 1. The molecule has 0 aromatic carbocycles. The van der Waals surface area contributed by atoms with Crippen molar-refractivity contribution in [3.63, 3.8) is 0 Å². The predicted octanol–water partition coefficient (Wildman–Crippen LogP) is 0.803. The Bertz CT molecular complexity index is 278. The van der Waals surface area contributed by atoms with Crippen molar-refractivity contribution in [1.82, 2.24) is 15.7 Å². The Balaban J connectivity index is 2.48. The van der Waals surface area contributed by atoms with Crippen LogP contribution in [0.1, 0.15) is 26.7 Å². The zero-order valence-corrected chi connectivity index (χ0v) is 10.4. The van der Waals surface area contributed by atoms with E-state index < -0.39 is 0 Å². The highest BCUT2D eigenvalue weighted by Crippen LogP contribution is 2.14. The van der Waals surface area contributed by atoms with Crippen LogP contribution in [0.2, 0.25) is 0 Å². The molecular weight excluding hydrogens is 206 g/mol. The Morgan fingerprint density at radius 3 is 2.94 bits per heavy atom. The lowest BCUT2D eigenvalue weighted by Gasteiger charge is -2.21. The van der Waals surface area contributed by atoms with Crippen molar-refractivity contribution >= 4 is 5.91 Å². The fourth-order valence-electron chi connectivity index (χ4n) is 1.73. The first-order valence-electron chi connectivity index (χ1n) is 5.65. The highest BCUT2D eigenvalue weighted by atomic mass is 16.7. The van der Waals surface area contributed by atoms with Gasteiger partial charge in [-0.25, -0.2) is 5.06 Å². The van der Waals surface area contributed by atoms with Gasteiger partial charge in [-0.15, -0.1) is 0 Å². The molecule has 2 N–H and O–H groups in total. The summed E-state index contributed by atoms with van der Waals surface area (Å²) in [6.45, 7) is 4.32. The molecule has 0 spiro atoms. The number of hydrogen-bond donors (Lipinski definition) is 2. The summed E-state index contributed by atoms with van der Waals surface area (Å²) < 4.78 is 0. The first-order chi connectivity index (χ1) is 7.60. The molecule has 0 aliphatic carbocycles. The molecule has 2 unspecified atom stereocenters. The predicted molar refractivity (Wildman–Crippen MR) is 62.0 cm³/mol. The molecule has 92 valence electrons. The topological polar surface area (TPSA) is 53.6 Å². The monoisotopic (exact) mass is 227 g/mol. The summed E-state index contributed by atoms with van der Waals surface area (Å²) in [6.07, 6.45) is 4.13. The molecule has 0 fully saturated rings. The van der Waals surface area contributed by atoms with Crippen LogP contribution in [-0.4, -0.2) is 31.3 Å². The van der Waals surface area contributed by atoms with Gasteiger partial charge in [-0.2, -0.15) is 0 Å². The van der Waals surface area contributed by atoms with Gasteiger partial charge < -0.3 is 10.6 Å². The number of nitrogens with zero attached hydrogens (tertiary/aromatic N) is 1. The van der Waals surface area contributed by atoms with Crippen LogP contribution < -0.4 is 10.6 Å². The average Bonchev–Trinajstić information content (AvgIpc) is 2.76. The van der Waals surface area contributed by atoms with E-state index in [2.05, 4.69) is 24.5 Å². The normalized spacial score (nSPS) is 20.8. The summed E-state index contributed by atoms with van der Waals surface area (Å²) >= 11 is 0. The minimum atomic E-state index is -0.166. The standard InChI is InChI=1S/C11H21N3O2/c1-5-6-8(2)10-12-7-9(13-10)11(15)14(3)16-4/h7-8,10,12-13H,5-6H2,1-4H3. The molecule has 5 nitrogen and oxygen atoms in total. The summed E-state index contributed by atoms with van der Waals surface area (Å²) in [5, 5.41) is 7.55. The largest absolute Gasteiger partial charge is 0.369 e. The zero-order chi connectivity index (χ0) is 12.1. The van der Waals surface area contributed by atoms with Crippen molar-refractivity contribution in [2.75, 3.05) is 14.2 Å². The molecule has 1 aliphatic heterocycles. The van der Waals surface area contributed by atoms with Crippen molar-refractivity contribution < 1.29 is 9.63 Å². The summed E-state index contributed by atoms with van der Waals surface area (Å²) in [4.78, 5) is 16.6. The summed E-state index contributed by atoms with van der Waals surface area (Å²) in [7, 11) is 3.06. The van der Waals surface area contributed by atoms with E-state index in [1.54, 1.807) is 13.2 Å². The van der Waals surface area contributed by atoms with E-state index in [1.807, 2.05) is 0 Å². The molecular formula is C11H21N3O2. The Labute approximate surface area is 96.8 Å². The maximum atomic E-state index is 11.7. The van der Waals surface area contributed by atoms with Gasteiger partial charge in [-0.3, -0.25) is 9.63 Å². The summed E-state index contributed by atoms with van der Waals surface area (Å²) in [5.41, 5.74) is 0.553. The molecule has 1 heterocycles. The molecule has 0 aromatic heterocycles. The Morgan fingerprint density at radius 2 is 2.38 bits per heavy atom. The van der Waals surface area contributed by atoms with E-state index in [0.29, 0.717) is 11.6 Å². The fourth-order valence-corrected chi connectivity index (χ4v) is 1.73. The Kier molecular flexibility index (Phi) is 4.61. The number of carbonyl (C=O) groups is 1. The lowest BCUT2D eigenvalue weighted by atomic mass is 10.0. The zero-order valence-electron chi connectivity index (χ0n) is 10.4. The highest BCUT2D eigenvalue weighted by molar-refractivity contribution is 5.92. The maximum absolute atomic E-state index is 11.7. The van der Waals surface area contributed by atoms with Crippen LogP contribution in [0.25, 0.3) is 0 Å². The SMILES string of the molecule is CCCC(C)C1NC=C(C(=O)N(C)OC)N1. The van der Waals surface area contributed by atoms with Crippen LogP contribution in [-0.2, 0) is 9.63 Å². The van der Waals surface area contributed by atoms with Gasteiger partial charge in [0.15, 0.2) is 0 Å². The van der Waals surface area contributed by atoms with Gasteiger partial charge in [0.05, 0.1) is 13.3 Å². The van der Waals surface area contributed by atoms with E-state index in [0.717, 1.165) is 12.8 Å². The minimum absolute atomic E-state index is 0.143. The number of rotatable bonds is 5. The van der Waals surface area contributed by atoms with Crippen molar-refractivity contribution in [3.8, 4) is 0 Å². The van der Waals surface area contributed by atoms with Crippen molar-refractivity contribution in [2.45, 2.75) is 32.9 Å². The van der Waals surface area contributed by atoms with Gasteiger partial charge in [0.2, 0.25) is 0 Å². The van der Waals surface area contributed by atoms with Gasteiger partial charge in [0, 0.05) is 13.2 Å². The first kappa shape index (κ1) is 12.8. The summed E-state index contributed by atoms with van der Waals surface area (Å²) in [6, 6.07) is 0. The van der Waals surface area contributed by atoms with Gasteiger partial charge in [0.25, 0.3) is 5.91 Å². The van der Waals surface area contributed by atoms with E-state index >= 15 is 0 Å². The van der Waals surface area contributed by atoms with E-state index in [9.17, 15) is 4.79 Å². The van der Waals surface area contributed by atoms with Gasteiger partial charge >= 0.3 is 0 Å². The summed E-state index contributed by atoms with van der Waals surface area (Å²) in [5.74, 6) is 0.320. The van der Waals surface area contributed by atoms with Gasteiger partial charge in [0.1, 0.15) is 5.70 Å². The quantitative estimate of drug-likeness (QED) is 0.682. The molecule has 1 amide bonds. The van der Waals surface area contributed by atoms with Crippen LogP contribution in [0.5, 0.6) is 0 Å². The molecule has 0 bridgehead atoms.